The van der Waals surface area contributed by atoms with Gasteiger partial charge >= 0.3 is 0 Å². The van der Waals surface area contributed by atoms with Crippen LogP contribution in [0.15, 0.2) is 42.7 Å². The molecular weight excluding hydrogens is 360 g/mol. The topological polar surface area (TPSA) is 103 Å². The van der Waals surface area contributed by atoms with Crippen molar-refractivity contribution in [2.24, 2.45) is 7.05 Å². The van der Waals surface area contributed by atoms with Crippen molar-refractivity contribution in [1.29, 1.82) is 0 Å². The lowest BCUT2D eigenvalue weighted by molar-refractivity contribution is -0.117. The number of carbonyl (C=O) groups is 1. The van der Waals surface area contributed by atoms with E-state index in [9.17, 15) is 4.79 Å². The maximum absolute atomic E-state index is 12.5. The van der Waals surface area contributed by atoms with Gasteiger partial charge in [-0.05, 0) is 16.0 Å². The van der Waals surface area contributed by atoms with Crippen LogP contribution >= 0.6 is 0 Å². The minimum absolute atomic E-state index is 0.00284. The molecule has 10 heteroatoms. The van der Waals surface area contributed by atoms with Gasteiger partial charge in [-0.3, -0.25) is 15.0 Å². The number of imidazole rings is 1. The Hall–Kier alpha value is -3.11. The monoisotopic (exact) mass is 382 g/mol. The summed E-state index contributed by atoms with van der Waals surface area (Å²) < 4.78 is 8.78. The third-order valence-electron chi connectivity index (χ3n) is 4.70. The van der Waals surface area contributed by atoms with Gasteiger partial charge in [-0.2, -0.15) is 0 Å². The average molecular weight is 382 g/mol. The van der Waals surface area contributed by atoms with Gasteiger partial charge in [0.1, 0.15) is 6.54 Å². The van der Waals surface area contributed by atoms with Crippen LogP contribution in [0.25, 0.3) is 0 Å². The highest BCUT2D eigenvalue weighted by Gasteiger charge is 2.29. The van der Waals surface area contributed by atoms with Gasteiger partial charge in [-0.15, -0.1) is 5.10 Å². The summed E-state index contributed by atoms with van der Waals surface area (Å²) in [6, 6.07) is 9.90. The number of nitrogens with one attached hydrogen (secondary N) is 1. The Bertz CT molecular complexity index is 917. The quantitative estimate of drug-likeness (QED) is 0.661. The normalized spacial score (nSPS) is 16.0. The molecule has 0 aliphatic carbocycles. The van der Waals surface area contributed by atoms with E-state index < -0.39 is 0 Å². The average Bonchev–Trinajstić information content (AvgIpc) is 3.33. The molecule has 1 N–H and O–H groups in total. The highest BCUT2D eigenvalue weighted by molar-refractivity contribution is 5.88. The second-order valence-corrected chi connectivity index (χ2v) is 6.57. The summed E-state index contributed by atoms with van der Waals surface area (Å²) in [5.41, 5.74) is 1.07. The molecule has 0 spiro atoms. The fraction of sp³-hybridized carbons (Fsp3) is 0.389. The third kappa shape index (κ3) is 3.92. The van der Waals surface area contributed by atoms with Crippen LogP contribution in [0.5, 0.6) is 0 Å². The highest BCUT2D eigenvalue weighted by atomic mass is 16.5. The number of aryl methyl sites for hydroxylation is 1. The number of tetrazole rings is 1. The Kier molecular flexibility index (Phi) is 5.40. The summed E-state index contributed by atoms with van der Waals surface area (Å²) in [5, 5.41) is 14.9. The summed E-state index contributed by atoms with van der Waals surface area (Å²) in [5.74, 6) is 0.868. The van der Waals surface area contributed by atoms with Crippen molar-refractivity contribution in [3.63, 3.8) is 0 Å². The van der Waals surface area contributed by atoms with Gasteiger partial charge in [0.15, 0.2) is 5.82 Å². The molecule has 1 unspecified atom stereocenters. The molecule has 1 fully saturated rings. The number of nitrogens with zero attached hydrogens (tertiary/aromatic N) is 7. The van der Waals surface area contributed by atoms with E-state index in [1.54, 1.807) is 21.6 Å². The molecule has 3 aromatic rings. The summed E-state index contributed by atoms with van der Waals surface area (Å²) in [6.07, 6.45) is 3.39. The number of hydrogen-bond acceptors (Lipinski definition) is 7. The summed E-state index contributed by atoms with van der Waals surface area (Å²) in [6.45, 7) is 2.86. The van der Waals surface area contributed by atoms with Crippen LogP contribution in [-0.4, -0.2) is 66.9 Å². The number of amides is 1. The van der Waals surface area contributed by atoms with E-state index in [0.29, 0.717) is 25.0 Å². The molecule has 1 amide bonds. The van der Waals surface area contributed by atoms with Crippen LogP contribution in [0.1, 0.15) is 17.4 Å². The second kappa shape index (κ2) is 8.28. The van der Waals surface area contributed by atoms with Gasteiger partial charge in [-0.25, -0.2) is 9.67 Å². The van der Waals surface area contributed by atoms with Gasteiger partial charge < -0.3 is 9.30 Å². The molecule has 3 heterocycles. The lowest BCUT2D eigenvalue weighted by atomic mass is 10.0. The van der Waals surface area contributed by atoms with Gasteiger partial charge in [0.05, 0.1) is 19.3 Å². The fourth-order valence-corrected chi connectivity index (χ4v) is 3.30. The summed E-state index contributed by atoms with van der Waals surface area (Å²) >= 11 is 0. The first-order chi connectivity index (χ1) is 13.7. The first-order valence-electron chi connectivity index (χ1n) is 9.12. The predicted octanol–water partition coefficient (Wildman–Crippen LogP) is 0.467. The van der Waals surface area contributed by atoms with Crippen LogP contribution in [-0.2, 0) is 23.1 Å². The number of hydrogen-bond donors (Lipinski definition) is 1. The molecule has 0 radical (unpaired) electrons. The van der Waals surface area contributed by atoms with Crippen LogP contribution in [0, 0.1) is 0 Å². The number of carbonyl (C=O) groups excluding carboxylic acids is 1. The Balaban J connectivity index is 1.59. The molecule has 1 aromatic carbocycles. The van der Waals surface area contributed by atoms with Crippen molar-refractivity contribution in [1.82, 2.24) is 34.7 Å². The molecule has 10 nitrogen and oxygen atoms in total. The van der Waals surface area contributed by atoms with E-state index >= 15 is 0 Å². The zero-order valence-electron chi connectivity index (χ0n) is 15.6. The molecule has 0 bridgehead atoms. The van der Waals surface area contributed by atoms with Crippen LogP contribution in [0.2, 0.25) is 0 Å². The smallest absolute Gasteiger partial charge is 0.248 e. The molecule has 2 aromatic heterocycles. The van der Waals surface area contributed by atoms with Crippen molar-refractivity contribution in [3.05, 3.63) is 54.1 Å². The highest BCUT2D eigenvalue weighted by Crippen LogP contribution is 2.27. The second-order valence-electron chi connectivity index (χ2n) is 6.57. The van der Waals surface area contributed by atoms with Gasteiger partial charge in [0, 0.05) is 32.5 Å². The minimum atomic E-state index is -0.239. The molecule has 146 valence electrons. The van der Waals surface area contributed by atoms with E-state index in [0.717, 1.165) is 18.7 Å². The Morgan fingerprint density at radius 2 is 2.04 bits per heavy atom. The van der Waals surface area contributed by atoms with E-state index in [-0.39, 0.29) is 18.5 Å². The number of benzene rings is 1. The number of rotatable bonds is 6. The maximum Gasteiger partial charge on any atom is 0.248 e. The zero-order valence-corrected chi connectivity index (χ0v) is 15.6. The van der Waals surface area contributed by atoms with Crippen LogP contribution in [0.3, 0.4) is 0 Å². The summed E-state index contributed by atoms with van der Waals surface area (Å²) in [7, 11) is 1.81. The van der Waals surface area contributed by atoms with Crippen LogP contribution < -0.4 is 5.32 Å². The lowest BCUT2D eigenvalue weighted by Gasteiger charge is -2.33. The van der Waals surface area contributed by atoms with Crippen molar-refractivity contribution in [2.75, 3.05) is 31.6 Å². The molecular formula is C18H22N8O2. The van der Waals surface area contributed by atoms with E-state index in [4.69, 9.17) is 4.74 Å². The standard InChI is InChI=1S/C18H22N8O2/c1-24-8-7-19-18(24)20-15(27)13-26-17(21-22-23-26)16(14-5-3-2-4-6-14)25-9-11-28-12-10-25/h2-8,16H,9-13H2,1H3,(H,19,20,27). The fourth-order valence-electron chi connectivity index (χ4n) is 3.30. The molecule has 4 rings (SSSR count). The van der Waals surface area contributed by atoms with Crippen molar-refractivity contribution in [2.45, 2.75) is 12.6 Å². The van der Waals surface area contributed by atoms with Gasteiger partial charge in [0.2, 0.25) is 11.9 Å². The Labute approximate surface area is 162 Å². The zero-order chi connectivity index (χ0) is 19.3. The molecule has 1 atom stereocenters. The molecule has 1 aliphatic rings. The largest absolute Gasteiger partial charge is 0.379 e. The minimum Gasteiger partial charge on any atom is -0.379 e. The number of morpholine rings is 1. The number of ether oxygens (including phenoxy) is 1. The molecule has 1 aliphatic heterocycles. The van der Waals surface area contributed by atoms with E-state index in [2.05, 4.69) is 30.7 Å². The van der Waals surface area contributed by atoms with Crippen molar-refractivity contribution < 1.29 is 9.53 Å². The number of aromatic nitrogens is 6. The molecule has 28 heavy (non-hydrogen) atoms. The van der Waals surface area contributed by atoms with Crippen LogP contribution in [0.4, 0.5) is 5.95 Å². The van der Waals surface area contributed by atoms with E-state index in [1.807, 2.05) is 37.4 Å². The van der Waals surface area contributed by atoms with Gasteiger partial charge in [0.25, 0.3) is 0 Å². The lowest BCUT2D eigenvalue weighted by Crippen LogP contribution is -2.41. The molecule has 1 saturated heterocycles. The summed E-state index contributed by atoms with van der Waals surface area (Å²) in [4.78, 5) is 18.9. The third-order valence-corrected chi connectivity index (χ3v) is 4.70. The maximum atomic E-state index is 12.5. The number of anilines is 1. The Morgan fingerprint density at radius 1 is 1.25 bits per heavy atom. The first-order valence-corrected chi connectivity index (χ1v) is 9.12. The van der Waals surface area contributed by atoms with Crippen molar-refractivity contribution >= 4 is 11.9 Å². The SMILES string of the molecule is Cn1ccnc1NC(=O)Cn1nnnc1C(c1ccccc1)N1CCOCC1. The first kappa shape index (κ1) is 18.3. The predicted molar refractivity (Wildman–Crippen MR) is 100 cm³/mol. The van der Waals surface area contributed by atoms with Crippen molar-refractivity contribution in [3.8, 4) is 0 Å². The van der Waals surface area contributed by atoms with E-state index in [1.165, 1.54) is 0 Å². The Morgan fingerprint density at radius 3 is 2.75 bits per heavy atom. The van der Waals surface area contributed by atoms with Gasteiger partial charge in [-0.1, -0.05) is 30.3 Å². The molecule has 0 saturated carbocycles.